The van der Waals surface area contributed by atoms with E-state index in [0.29, 0.717) is 30.1 Å². The van der Waals surface area contributed by atoms with Crippen LogP contribution in [-0.4, -0.2) is 67.0 Å². The molecule has 10 nitrogen and oxygen atoms in total. The summed E-state index contributed by atoms with van der Waals surface area (Å²) in [6.07, 6.45) is 0.654. The Kier molecular flexibility index (Phi) is 8.02. The first-order valence-electron chi connectivity index (χ1n) is 11.3. The molecule has 3 aromatic rings. The van der Waals surface area contributed by atoms with Gasteiger partial charge in [-0.05, 0) is 48.7 Å². The van der Waals surface area contributed by atoms with Gasteiger partial charge < -0.3 is 15.3 Å². The molecule has 4 rings (SSSR count). The molecule has 37 heavy (non-hydrogen) atoms. The van der Waals surface area contributed by atoms with Crippen LogP contribution in [0.15, 0.2) is 41.9 Å². The summed E-state index contributed by atoms with van der Waals surface area (Å²) >= 11 is 1.43. The molecule has 0 unspecified atom stereocenters. The van der Waals surface area contributed by atoms with Crippen molar-refractivity contribution in [3.63, 3.8) is 0 Å². The number of carbonyl (C=O) groups excluding carboxylic acids is 2. The fourth-order valence-corrected chi connectivity index (χ4v) is 6.26. The number of aliphatic hydroxyl groups excluding tert-OH is 1. The van der Waals surface area contributed by atoms with Gasteiger partial charge in [0.15, 0.2) is 0 Å². The number of amides is 3. The van der Waals surface area contributed by atoms with Crippen LogP contribution in [0.2, 0.25) is 0 Å². The number of aromatic nitrogens is 1. The van der Waals surface area contributed by atoms with Crippen molar-refractivity contribution in [3.05, 3.63) is 59.1 Å². The number of benzene rings is 2. The summed E-state index contributed by atoms with van der Waals surface area (Å²) < 4.78 is 56.8. The first-order chi connectivity index (χ1) is 17.6. The molecule has 3 amide bonds. The highest BCUT2D eigenvalue weighted by Gasteiger charge is 2.35. The predicted molar refractivity (Wildman–Crippen MR) is 134 cm³/mol. The highest BCUT2D eigenvalue weighted by atomic mass is 32.2. The molecule has 0 spiro atoms. The van der Waals surface area contributed by atoms with Crippen molar-refractivity contribution in [2.75, 3.05) is 25.1 Å². The van der Waals surface area contributed by atoms with Crippen LogP contribution in [0.4, 0.5) is 19.3 Å². The molecule has 1 fully saturated rings. The molecule has 0 aliphatic carbocycles. The minimum Gasteiger partial charge on any atom is -0.395 e. The van der Waals surface area contributed by atoms with Crippen LogP contribution in [0, 0.1) is 11.6 Å². The molecule has 198 valence electrons. The maximum absolute atomic E-state index is 13.8. The Labute approximate surface area is 216 Å². The van der Waals surface area contributed by atoms with Crippen molar-refractivity contribution in [2.45, 2.75) is 31.3 Å². The van der Waals surface area contributed by atoms with E-state index in [1.807, 2.05) is 4.72 Å². The summed E-state index contributed by atoms with van der Waals surface area (Å²) in [6, 6.07) is 4.64. The molecule has 1 saturated heterocycles. The van der Waals surface area contributed by atoms with Gasteiger partial charge in [-0.1, -0.05) is 0 Å². The monoisotopic (exact) mass is 553 g/mol. The third kappa shape index (κ3) is 6.21. The van der Waals surface area contributed by atoms with E-state index in [9.17, 15) is 31.9 Å². The minimum atomic E-state index is -4.31. The number of aliphatic hydroxyl groups is 1. The van der Waals surface area contributed by atoms with Crippen LogP contribution in [0.3, 0.4) is 0 Å². The Morgan fingerprint density at radius 1 is 1.24 bits per heavy atom. The number of likely N-dealkylation sites (N-methyl/N-ethyl adjacent to an activating group) is 1. The number of hydrogen-bond acceptors (Lipinski definition) is 7. The normalized spacial score (nSPS) is 17.0. The van der Waals surface area contributed by atoms with Gasteiger partial charge in [0, 0.05) is 37.8 Å². The Hall–Kier alpha value is -3.20. The smallest absolute Gasteiger partial charge is 0.330 e. The lowest BCUT2D eigenvalue weighted by atomic mass is 10.0. The molecule has 1 aliphatic heterocycles. The standard InChI is InChI=1S/C23H25F2N5O5S2/c1-29(17-4-5-21-19(11-17)26-13-36-21)22(32)20(9-14-7-15(24)10-16(25)8-14)27-23(33)28-37(34,35)30-6-2-3-18(30)12-31/h4-5,7-8,10-11,13,18,20,31H,2-3,6,9,12H2,1H3,(H2,27,28,33)/t18-,20-/m0/s1. The molecule has 3 N–H and O–H groups in total. The third-order valence-corrected chi connectivity index (χ3v) is 8.41. The first kappa shape index (κ1) is 26.9. The molecule has 1 aliphatic rings. The molecule has 2 heterocycles. The van der Waals surface area contributed by atoms with E-state index in [0.717, 1.165) is 21.1 Å². The quantitative estimate of drug-likeness (QED) is 0.392. The van der Waals surface area contributed by atoms with Crippen LogP contribution in [-0.2, 0) is 21.4 Å². The summed E-state index contributed by atoms with van der Waals surface area (Å²) in [5.41, 5.74) is 2.86. The van der Waals surface area contributed by atoms with Gasteiger partial charge in [0.2, 0.25) is 5.91 Å². The number of halogens is 2. The number of hydrogen-bond donors (Lipinski definition) is 3. The first-order valence-corrected chi connectivity index (χ1v) is 13.7. The van der Waals surface area contributed by atoms with E-state index < -0.39 is 52.5 Å². The average Bonchev–Trinajstić information content (AvgIpc) is 3.51. The van der Waals surface area contributed by atoms with Gasteiger partial charge in [-0.25, -0.2) is 23.3 Å². The van der Waals surface area contributed by atoms with Gasteiger partial charge in [-0.2, -0.15) is 12.7 Å². The van der Waals surface area contributed by atoms with Crippen molar-refractivity contribution in [1.29, 1.82) is 0 Å². The van der Waals surface area contributed by atoms with E-state index in [1.165, 1.54) is 23.3 Å². The maximum Gasteiger partial charge on any atom is 0.330 e. The Balaban J connectivity index is 1.56. The molecule has 2 aromatic carbocycles. The van der Waals surface area contributed by atoms with Crippen LogP contribution in [0.25, 0.3) is 10.2 Å². The predicted octanol–water partition coefficient (Wildman–Crippen LogP) is 2.15. The summed E-state index contributed by atoms with van der Waals surface area (Å²) in [7, 11) is -2.85. The van der Waals surface area contributed by atoms with Gasteiger partial charge in [0.05, 0.1) is 22.3 Å². The van der Waals surface area contributed by atoms with Gasteiger partial charge in [-0.15, -0.1) is 11.3 Å². The molecule has 1 aromatic heterocycles. The number of fused-ring (bicyclic) bond motifs is 1. The minimum absolute atomic E-state index is 0.0854. The van der Waals surface area contributed by atoms with E-state index in [1.54, 1.807) is 23.7 Å². The Bertz CT molecular complexity index is 1400. The number of anilines is 1. The van der Waals surface area contributed by atoms with Crippen LogP contribution in [0.5, 0.6) is 0 Å². The molecule has 0 radical (unpaired) electrons. The molecule has 2 atom stereocenters. The maximum atomic E-state index is 13.8. The van der Waals surface area contributed by atoms with E-state index in [2.05, 4.69) is 10.3 Å². The topological polar surface area (TPSA) is 132 Å². The Morgan fingerprint density at radius 2 is 1.97 bits per heavy atom. The number of urea groups is 1. The molecule has 0 saturated carbocycles. The second kappa shape index (κ2) is 11.0. The van der Waals surface area contributed by atoms with Crippen molar-refractivity contribution >= 4 is 49.4 Å². The van der Waals surface area contributed by atoms with Gasteiger partial charge >= 0.3 is 16.2 Å². The van der Waals surface area contributed by atoms with Gasteiger partial charge in [0.25, 0.3) is 0 Å². The highest BCUT2D eigenvalue weighted by Crippen LogP contribution is 2.24. The average molecular weight is 554 g/mol. The number of nitrogens with zero attached hydrogens (tertiary/aromatic N) is 3. The summed E-state index contributed by atoms with van der Waals surface area (Å²) in [5, 5.41) is 11.8. The van der Waals surface area contributed by atoms with Crippen molar-refractivity contribution in [2.24, 2.45) is 0 Å². The number of carbonyl (C=O) groups is 2. The van der Waals surface area contributed by atoms with E-state index in [-0.39, 0.29) is 18.5 Å². The fraction of sp³-hybridized carbons (Fsp3) is 0.348. The molecular weight excluding hydrogens is 528 g/mol. The zero-order valence-electron chi connectivity index (χ0n) is 19.7. The summed E-state index contributed by atoms with van der Waals surface area (Å²) in [5.74, 6) is -2.37. The lowest BCUT2D eigenvalue weighted by Gasteiger charge is -2.26. The van der Waals surface area contributed by atoms with E-state index >= 15 is 0 Å². The van der Waals surface area contributed by atoms with Crippen LogP contribution < -0.4 is 14.9 Å². The lowest BCUT2D eigenvalue weighted by molar-refractivity contribution is -0.120. The number of rotatable bonds is 8. The van der Waals surface area contributed by atoms with Gasteiger partial charge in [-0.3, -0.25) is 4.79 Å². The fourth-order valence-electron chi connectivity index (χ4n) is 4.25. The number of thiazole rings is 1. The molecule has 14 heteroatoms. The van der Waals surface area contributed by atoms with Crippen molar-refractivity contribution in [1.82, 2.24) is 19.3 Å². The van der Waals surface area contributed by atoms with Crippen LogP contribution in [0.1, 0.15) is 18.4 Å². The molecular formula is C23H25F2N5O5S2. The SMILES string of the molecule is CN(C(=O)[C@H](Cc1cc(F)cc(F)c1)NC(=O)NS(=O)(=O)N1CCC[C@H]1CO)c1ccc2scnc2c1. The largest absolute Gasteiger partial charge is 0.395 e. The van der Waals surface area contributed by atoms with E-state index in [4.69, 9.17) is 0 Å². The highest BCUT2D eigenvalue weighted by molar-refractivity contribution is 7.87. The third-order valence-electron chi connectivity index (χ3n) is 6.06. The zero-order valence-corrected chi connectivity index (χ0v) is 21.4. The van der Waals surface area contributed by atoms with Crippen LogP contribution >= 0.6 is 11.3 Å². The van der Waals surface area contributed by atoms with Crippen molar-refractivity contribution in [3.8, 4) is 0 Å². The lowest BCUT2D eigenvalue weighted by Crippen LogP contribution is -2.55. The van der Waals surface area contributed by atoms with Gasteiger partial charge in [0.1, 0.15) is 17.7 Å². The second-order valence-corrected chi connectivity index (χ2v) is 11.1. The number of nitrogens with one attached hydrogen (secondary N) is 2. The summed E-state index contributed by atoms with van der Waals surface area (Å²) in [6.45, 7) is -0.274. The summed E-state index contributed by atoms with van der Waals surface area (Å²) in [4.78, 5) is 31.6. The molecule has 0 bridgehead atoms. The zero-order chi connectivity index (χ0) is 26.7. The Morgan fingerprint density at radius 3 is 2.68 bits per heavy atom. The van der Waals surface area contributed by atoms with Crippen molar-refractivity contribution < 1.29 is 31.9 Å². The second-order valence-electron chi connectivity index (χ2n) is 8.61.